The number of carbonyl (C=O) groups is 2. The smallest absolute Gasteiger partial charge is 0.329 e. The van der Waals surface area contributed by atoms with E-state index >= 15 is 0 Å². The molecule has 9 nitrogen and oxygen atoms in total. The quantitative estimate of drug-likeness (QED) is 0.520. The second-order valence-corrected chi connectivity index (χ2v) is 10.8. The summed E-state index contributed by atoms with van der Waals surface area (Å²) in [5.41, 5.74) is 3.57. The lowest BCUT2D eigenvalue weighted by Gasteiger charge is -2.28. The maximum Gasteiger partial charge on any atom is 0.329 e. The standard InChI is InChI=1S/C29H37N5O4/c1-18-8-11-20(16-25(18)38-4)30-27(35)19-9-12-22(13-10-19)34-24-7-5-6-23(26(24)33(3)29(34)37)28(36)31-21-14-15-32(2)17-21/h5-8,11,16,19,21-22H,9-10,12-15,17H2,1-4H3,(H,30,35)(H,31,36)/t19-,21?,22+. The lowest BCUT2D eigenvalue weighted by molar-refractivity contribution is -0.121. The summed E-state index contributed by atoms with van der Waals surface area (Å²) in [5.74, 6) is 0.480. The normalized spacial score (nSPS) is 21.9. The van der Waals surface area contributed by atoms with E-state index in [1.54, 1.807) is 24.8 Å². The van der Waals surface area contributed by atoms with E-state index in [9.17, 15) is 14.4 Å². The van der Waals surface area contributed by atoms with Crippen LogP contribution >= 0.6 is 0 Å². The number of anilines is 1. The summed E-state index contributed by atoms with van der Waals surface area (Å²) in [4.78, 5) is 41.8. The van der Waals surface area contributed by atoms with Crippen LogP contribution in [0.25, 0.3) is 11.0 Å². The van der Waals surface area contributed by atoms with Crippen LogP contribution in [0.4, 0.5) is 5.69 Å². The van der Waals surface area contributed by atoms with Crippen LogP contribution in [0.5, 0.6) is 5.75 Å². The van der Waals surface area contributed by atoms with Crippen molar-refractivity contribution in [3.8, 4) is 5.75 Å². The molecule has 202 valence electrons. The van der Waals surface area contributed by atoms with Crippen molar-refractivity contribution in [1.82, 2.24) is 19.4 Å². The zero-order chi connectivity index (χ0) is 27.0. The van der Waals surface area contributed by atoms with Gasteiger partial charge in [-0.2, -0.15) is 0 Å². The predicted molar refractivity (Wildman–Crippen MR) is 148 cm³/mol. The van der Waals surface area contributed by atoms with Crippen LogP contribution in [0, 0.1) is 12.8 Å². The van der Waals surface area contributed by atoms with E-state index in [1.165, 1.54) is 0 Å². The van der Waals surface area contributed by atoms with Gasteiger partial charge in [-0.1, -0.05) is 12.1 Å². The monoisotopic (exact) mass is 519 g/mol. The second kappa shape index (κ2) is 10.6. The van der Waals surface area contributed by atoms with E-state index in [-0.39, 0.29) is 35.5 Å². The highest BCUT2D eigenvalue weighted by Gasteiger charge is 2.31. The molecule has 2 aromatic carbocycles. The van der Waals surface area contributed by atoms with Crippen molar-refractivity contribution in [3.05, 3.63) is 58.0 Å². The number of rotatable bonds is 6. The Labute approximate surface area is 222 Å². The number of aromatic nitrogens is 2. The van der Waals surface area contributed by atoms with Crippen molar-refractivity contribution in [2.75, 3.05) is 32.6 Å². The summed E-state index contributed by atoms with van der Waals surface area (Å²) < 4.78 is 8.79. The van der Waals surface area contributed by atoms with Gasteiger partial charge in [-0.3, -0.25) is 18.7 Å². The number of para-hydroxylation sites is 1. The molecular weight excluding hydrogens is 482 g/mol. The van der Waals surface area contributed by atoms with Gasteiger partial charge in [-0.25, -0.2) is 4.79 Å². The van der Waals surface area contributed by atoms with E-state index in [0.29, 0.717) is 23.9 Å². The van der Waals surface area contributed by atoms with Gasteiger partial charge < -0.3 is 20.3 Å². The van der Waals surface area contributed by atoms with Gasteiger partial charge in [-0.15, -0.1) is 0 Å². The Kier molecular flexibility index (Phi) is 7.29. The molecule has 1 saturated heterocycles. The summed E-state index contributed by atoms with van der Waals surface area (Å²) in [7, 11) is 5.40. The number of fused-ring (bicyclic) bond motifs is 1. The number of methoxy groups -OCH3 is 1. The average molecular weight is 520 g/mol. The highest BCUT2D eigenvalue weighted by Crippen LogP contribution is 2.35. The lowest BCUT2D eigenvalue weighted by atomic mass is 9.85. The maximum absolute atomic E-state index is 13.4. The minimum absolute atomic E-state index is 0.00358. The number of likely N-dealkylation sites (N-methyl/N-ethyl adjacent to an activating group) is 1. The Morgan fingerprint density at radius 2 is 1.79 bits per heavy atom. The second-order valence-electron chi connectivity index (χ2n) is 10.8. The molecule has 2 aliphatic rings. The lowest BCUT2D eigenvalue weighted by Crippen LogP contribution is -2.36. The van der Waals surface area contributed by atoms with Gasteiger partial charge in [0.05, 0.1) is 23.7 Å². The van der Waals surface area contributed by atoms with Gasteiger partial charge >= 0.3 is 5.69 Å². The van der Waals surface area contributed by atoms with Crippen LogP contribution in [0.1, 0.15) is 54.1 Å². The Morgan fingerprint density at radius 3 is 2.47 bits per heavy atom. The molecule has 2 amide bonds. The Bertz CT molecular complexity index is 1420. The SMILES string of the molecule is COc1cc(NC(=O)[C@H]2CC[C@@H](n3c(=O)n(C)c4c(C(=O)NC5CCN(C)C5)cccc43)CC2)ccc1C. The summed E-state index contributed by atoms with van der Waals surface area (Å²) in [5, 5.41) is 6.17. The van der Waals surface area contributed by atoms with Crippen molar-refractivity contribution in [2.45, 2.75) is 51.1 Å². The van der Waals surface area contributed by atoms with Gasteiger partial charge in [0.25, 0.3) is 5.91 Å². The van der Waals surface area contributed by atoms with Gasteiger partial charge in [0.1, 0.15) is 5.75 Å². The Balaban J connectivity index is 1.31. The zero-order valence-corrected chi connectivity index (χ0v) is 22.6. The Morgan fingerprint density at radius 1 is 1.03 bits per heavy atom. The number of aryl methyl sites for hydroxylation is 2. The first-order chi connectivity index (χ1) is 18.3. The van der Waals surface area contributed by atoms with Crippen molar-refractivity contribution < 1.29 is 14.3 Å². The number of likely N-dealkylation sites (tertiary alicyclic amines) is 1. The van der Waals surface area contributed by atoms with E-state index < -0.39 is 0 Å². The molecule has 0 bridgehead atoms. The van der Waals surface area contributed by atoms with E-state index in [4.69, 9.17) is 4.74 Å². The van der Waals surface area contributed by atoms with Crippen LogP contribution < -0.4 is 21.1 Å². The molecule has 2 fully saturated rings. The van der Waals surface area contributed by atoms with Crippen LogP contribution in [0.15, 0.2) is 41.2 Å². The van der Waals surface area contributed by atoms with E-state index in [1.807, 2.05) is 41.8 Å². The molecule has 2 heterocycles. The highest BCUT2D eigenvalue weighted by atomic mass is 16.5. The fraction of sp³-hybridized carbons (Fsp3) is 0.483. The molecule has 1 atom stereocenters. The van der Waals surface area contributed by atoms with Gasteiger partial charge in [0.2, 0.25) is 5.91 Å². The van der Waals surface area contributed by atoms with Crippen molar-refractivity contribution >= 4 is 28.5 Å². The number of nitrogens with one attached hydrogen (secondary N) is 2. The molecule has 1 aliphatic carbocycles. The largest absolute Gasteiger partial charge is 0.496 e. The molecule has 3 aromatic rings. The molecule has 1 aromatic heterocycles. The topological polar surface area (TPSA) is 97.6 Å². The third-order valence-corrected chi connectivity index (χ3v) is 8.18. The molecule has 2 N–H and O–H groups in total. The van der Waals surface area contributed by atoms with Gasteiger partial charge in [0, 0.05) is 43.3 Å². The third kappa shape index (κ3) is 4.95. The molecular formula is C29H37N5O4. The number of imidazole rings is 1. The number of carbonyl (C=O) groups excluding carboxylic acids is 2. The third-order valence-electron chi connectivity index (χ3n) is 8.18. The number of hydrogen-bond acceptors (Lipinski definition) is 5. The average Bonchev–Trinajstić information content (AvgIpc) is 3.44. The van der Waals surface area contributed by atoms with Crippen LogP contribution in [-0.4, -0.2) is 59.1 Å². The molecule has 0 radical (unpaired) electrons. The number of benzene rings is 2. The van der Waals surface area contributed by atoms with Crippen molar-refractivity contribution in [2.24, 2.45) is 13.0 Å². The molecule has 1 saturated carbocycles. The molecule has 1 unspecified atom stereocenters. The van der Waals surface area contributed by atoms with E-state index in [0.717, 1.165) is 54.9 Å². The first-order valence-corrected chi connectivity index (χ1v) is 13.4. The number of nitrogens with zero attached hydrogens (tertiary/aromatic N) is 3. The minimum atomic E-state index is -0.142. The summed E-state index contributed by atoms with van der Waals surface area (Å²) in [6.07, 6.45) is 3.75. The highest BCUT2D eigenvalue weighted by molar-refractivity contribution is 6.05. The Hall–Kier alpha value is -3.59. The fourth-order valence-corrected chi connectivity index (χ4v) is 6.03. The van der Waals surface area contributed by atoms with Crippen LogP contribution in [0.2, 0.25) is 0 Å². The van der Waals surface area contributed by atoms with Gasteiger partial charge in [0.15, 0.2) is 0 Å². The maximum atomic E-state index is 13.4. The van der Waals surface area contributed by atoms with Crippen molar-refractivity contribution in [1.29, 1.82) is 0 Å². The van der Waals surface area contributed by atoms with Crippen LogP contribution in [-0.2, 0) is 11.8 Å². The number of hydrogen-bond donors (Lipinski definition) is 2. The van der Waals surface area contributed by atoms with Crippen molar-refractivity contribution in [3.63, 3.8) is 0 Å². The first-order valence-electron chi connectivity index (χ1n) is 13.4. The molecule has 9 heteroatoms. The summed E-state index contributed by atoms with van der Waals surface area (Å²) >= 11 is 0. The van der Waals surface area contributed by atoms with Crippen LogP contribution in [0.3, 0.4) is 0 Å². The summed E-state index contributed by atoms with van der Waals surface area (Å²) in [6, 6.07) is 11.3. The van der Waals surface area contributed by atoms with E-state index in [2.05, 4.69) is 22.6 Å². The minimum Gasteiger partial charge on any atom is -0.496 e. The molecule has 5 rings (SSSR count). The molecule has 1 aliphatic heterocycles. The summed E-state index contributed by atoms with van der Waals surface area (Å²) in [6.45, 7) is 3.75. The zero-order valence-electron chi connectivity index (χ0n) is 22.6. The molecule has 38 heavy (non-hydrogen) atoms. The fourth-order valence-electron chi connectivity index (χ4n) is 6.03. The predicted octanol–water partition coefficient (Wildman–Crippen LogP) is 3.46. The first kappa shape index (κ1) is 26.0. The number of ether oxygens (including phenoxy) is 1. The number of amides is 2. The van der Waals surface area contributed by atoms with Gasteiger partial charge in [-0.05, 0) is 76.4 Å². The molecule has 0 spiro atoms.